The van der Waals surface area contributed by atoms with Crippen molar-refractivity contribution in [3.63, 3.8) is 0 Å². The number of rotatable bonds is 8. The SMILES string of the molecule is CCc1ncc(CNC(C)CCCC(C)C)s1. The van der Waals surface area contributed by atoms with Crippen LogP contribution in [0.15, 0.2) is 6.20 Å². The highest BCUT2D eigenvalue weighted by molar-refractivity contribution is 7.11. The highest BCUT2D eigenvalue weighted by Crippen LogP contribution is 2.14. The van der Waals surface area contributed by atoms with Gasteiger partial charge in [-0.3, -0.25) is 0 Å². The summed E-state index contributed by atoms with van der Waals surface area (Å²) in [7, 11) is 0. The van der Waals surface area contributed by atoms with E-state index in [0.717, 1.165) is 18.9 Å². The lowest BCUT2D eigenvalue weighted by molar-refractivity contribution is 0.458. The van der Waals surface area contributed by atoms with E-state index in [1.54, 1.807) is 0 Å². The fourth-order valence-electron chi connectivity index (χ4n) is 1.80. The quantitative estimate of drug-likeness (QED) is 0.758. The first-order valence-corrected chi connectivity index (χ1v) is 7.60. The minimum Gasteiger partial charge on any atom is -0.309 e. The van der Waals surface area contributed by atoms with Gasteiger partial charge in [0.05, 0.1) is 5.01 Å². The first-order chi connectivity index (χ1) is 8.11. The third-order valence-electron chi connectivity index (χ3n) is 2.95. The van der Waals surface area contributed by atoms with Crippen molar-refractivity contribution >= 4 is 11.3 Å². The van der Waals surface area contributed by atoms with E-state index in [1.165, 1.54) is 29.1 Å². The molecule has 0 amide bonds. The number of nitrogens with one attached hydrogen (secondary N) is 1. The fourth-order valence-corrected chi connectivity index (χ4v) is 2.62. The minimum absolute atomic E-state index is 0.612. The molecule has 1 unspecified atom stereocenters. The lowest BCUT2D eigenvalue weighted by Gasteiger charge is -2.13. The van der Waals surface area contributed by atoms with Crippen molar-refractivity contribution in [3.05, 3.63) is 16.1 Å². The molecule has 1 N–H and O–H groups in total. The predicted molar refractivity (Wildman–Crippen MR) is 76.5 cm³/mol. The first kappa shape index (κ1) is 14.7. The van der Waals surface area contributed by atoms with E-state index in [1.807, 2.05) is 17.5 Å². The molecule has 0 aliphatic heterocycles. The molecule has 2 nitrogen and oxygen atoms in total. The van der Waals surface area contributed by atoms with E-state index in [9.17, 15) is 0 Å². The summed E-state index contributed by atoms with van der Waals surface area (Å²) in [6.45, 7) is 10.00. The third kappa shape index (κ3) is 6.18. The Morgan fingerprint density at radius 2 is 2.06 bits per heavy atom. The van der Waals surface area contributed by atoms with Crippen LogP contribution in [0.5, 0.6) is 0 Å². The lowest BCUT2D eigenvalue weighted by Crippen LogP contribution is -2.25. The van der Waals surface area contributed by atoms with Crippen LogP contribution >= 0.6 is 11.3 Å². The van der Waals surface area contributed by atoms with Crippen LogP contribution in [-0.2, 0) is 13.0 Å². The Labute approximate surface area is 110 Å². The number of thiazole rings is 1. The van der Waals surface area contributed by atoms with Gasteiger partial charge in [0.25, 0.3) is 0 Å². The average Bonchev–Trinajstić information content (AvgIpc) is 2.73. The molecule has 0 fully saturated rings. The summed E-state index contributed by atoms with van der Waals surface area (Å²) in [6, 6.07) is 0.612. The van der Waals surface area contributed by atoms with Gasteiger partial charge in [0.15, 0.2) is 0 Å². The summed E-state index contributed by atoms with van der Waals surface area (Å²) in [5.41, 5.74) is 0. The largest absolute Gasteiger partial charge is 0.309 e. The third-order valence-corrected chi connectivity index (χ3v) is 4.09. The Hall–Kier alpha value is -0.410. The van der Waals surface area contributed by atoms with Crippen LogP contribution in [0.2, 0.25) is 0 Å². The smallest absolute Gasteiger partial charge is 0.0925 e. The molecule has 0 aliphatic carbocycles. The standard InChI is InChI=1S/C14H26N2S/c1-5-14-16-10-13(17-14)9-15-12(4)8-6-7-11(2)3/h10-12,15H,5-9H2,1-4H3. The van der Waals surface area contributed by atoms with E-state index in [-0.39, 0.29) is 0 Å². The van der Waals surface area contributed by atoms with Gasteiger partial charge in [0, 0.05) is 23.7 Å². The zero-order valence-electron chi connectivity index (χ0n) is 11.6. The van der Waals surface area contributed by atoms with Gasteiger partial charge < -0.3 is 5.32 Å². The first-order valence-electron chi connectivity index (χ1n) is 6.78. The second-order valence-corrected chi connectivity index (χ2v) is 6.38. The van der Waals surface area contributed by atoms with Crippen molar-refractivity contribution in [2.24, 2.45) is 5.92 Å². The maximum absolute atomic E-state index is 4.38. The fraction of sp³-hybridized carbons (Fsp3) is 0.786. The summed E-state index contributed by atoms with van der Waals surface area (Å²) in [5, 5.41) is 4.83. The molecule has 17 heavy (non-hydrogen) atoms. The summed E-state index contributed by atoms with van der Waals surface area (Å²) >= 11 is 1.83. The molecule has 0 spiro atoms. The van der Waals surface area contributed by atoms with Crippen molar-refractivity contribution < 1.29 is 0 Å². The van der Waals surface area contributed by atoms with Crippen LogP contribution in [-0.4, -0.2) is 11.0 Å². The zero-order chi connectivity index (χ0) is 12.7. The normalized spacial score (nSPS) is 13.2. The van der Waals surface area contributed by atoms with Crippen molar-refractivity contribution in [1.82, 2.24) is 10.3 Å². The van der Waals surface area contributed by atoms with Crippen molar-refractivity contribution in [2.45, 2.75) is 66.0 Å². The van der Waals surface area contributed by atoms with Crippen molar-refractivity contribution in [1.29, 1.82) is 0 Å². The molecular weight excluding hydrogens is 228 g/mol. The maximum Gasteiger partial charge on any atom is 0.0925 e. The summed E-state index contributed by atoms with van der Waals surface area (Å²) in [4.78, 5) is 5.74. The molecule has 1 aromatic heterocycles. The Morgan fingerprint density at radius 3 is 2.65 bits per heavy atom. The number of aryl methyl sites for hydroxylation is 1. The molecule has 98 valence electrons. The van der Waals surface area contributed by atoms with E-state index < -0.39 is 0 Å². The topological polar surface area (TPSA) is 24.9 Å². The van der Waals surface area contributed by atoms with E-state index in [0.29, 0.717) is 6.04 Å². The van der Waals surface area contributed by atoms with Crippen LogP contribution < -0.4 is 5.32 Å². The molecule has 3 heteroatoms. The Morgan fingerprint density at radius 1 is 1.29 bits per heavy atom. The molecule has 1 aromatic rings. The van der Waals surface area contributed by atoms with Gasteiger partial charge >= 0.3 is 0 Å². The predicted octanol–water partition coefficient (Wildman–Crippen LogP) is 4.01. The Kier molecular flexibility index (Phi) is 6.75. The van der Waals surface area contributed by atoms with E-state index in [4.69, 9.17) is 0 Å². The molecule has 0 saturated heterocycles. The number of hydrogen-bond donors (Lipinski definition) is 1. The van der Waals surface area contributed by atoms with Gasteiger partial charge in [-0.15, -0.1) is 11.3 Å². The van der Waals surface area contributed by atoms with Crippen LogP contribution in [0, 0.1) is 5.92 Å². The zero-order valence-corrected chi connectivity index (χ0v) is 12.4. The summed E-state index contributed by atoms with van der Waals surface area (Å²) in [6.07, 6.45) is 7.00. The van der Waals surface area contributed by atoms with E-state index in [2.05, 4.69) is 38.0 Å². The van der Waals surface area contributed by atoms with Crippen molar-refractivity contribution in [2.75, 3.05) is 0 Å². The molecular formula is C14H26N2S. The second-order valence-electron chi connectivity index (χ2n) is 5.18. The molecule has 1 heterocycles. The number of aromatic nitrogens is 1. The van der Waals surface area contributed by atoms with Crippen LogP contribution in [0.1, 0.15) is 56.8 Å². The summed E-state index contributed by atoms with van der Waals surface area (Å²) in [5.74, 6) is 0.829. The highest BCUT2D eigenvalue weighted by Gasteiger charge is 2.04. The van der Waals surface area contributed by atoms with Crippen LogP contribution in [0.25, 0.3) is 0 Å². The molecule has 0 aromatic carbocycles. The molecule has 1 rings (SSSR count). The molecule has 0 saturated carbocycles. The van der Waals surface area contributed by atoms with Gasteiger partial charge in [-0.2, -0.15) is 0 Å². The van der Waals surface area contributed by atoms with Gasteiger partial charge in [0.1, 0.15) is 0 Å². The van der Waals surface area contributed by atoms with Gasteiger partial charge in [-0.1, -0.05) is 33.6 Å². The minimum atomic E-state index is 0.612. The van der Waals surface area contributed by atoms with Gasteiger partial charge in [-0.05, 0) is 25.7 Å². The molecule has 0 bridgehead atoms. The Bertz CT molecular complexity index is 307. The molecule has 1 atom stereocenters. The molecule has 0 aliphatic rings. The van der Waals surface area contributed by atoms with Crippen molar-refractivity contribution in [3.8, 4) is 0 Å². The average molecular weight is 254 g/mol. The second kappa shape index (κ2) is 7.83. The monoisotopic (exact) mass is 254 g/mol. The highest BCUT2D eigenvalue weighted by atomic mass is 32.1. The maximum atomic E-state index is 4.38. The Balaban J connectivity index is 2.16. The number of hydrogen-bond acceptors (Lipinski definition) is 3. The van der Waals surface area contributed by atoms with Gasteiger partial charge in [-0.25, -0.2) is 4.98 Å². The van der Waals surface area contributed by atoms with Crippen LogP contribution in [0.4, 0.5) is 0 Å². The number of nitrogens with zero attached hydrogens (tertiary/aromatic N) is 1. The lowest BCUT2D eigenvalue weighted by atomic mass is 10.0. The van der Waals surface area contributed by atoms with Crippen LogP contribution in [0.3, 0.4) is 0 Å². The summed E-state index contributed by atoms with van der Waals surface area (Å²) < 4.78 is 0. The molecule has 0 radical (unpaired) electrons. The van der Waals surface area contributed by atoms with Gasteiger partial charge in [0.2, 0.25) is 0 Å². The van der Waals surface area contributed by atoms with E-state index >= 15 is 0 Å².